The molecule has 2 aliphatic heterocycles. The number of aryl methyl sites for hydroxylation is 1. The maximum Gasteiger partial charge on any atom is 0.227 e. The van der Waals surface area contributed by atoms with E-state index in [1.807, 2.05) is 11.0 Å². The Kier molecular flexibility index (Phi) is 7.06. The van der Waals surface area contributed by atoms with Crippen molar-refractivity contribution in [3.8, 4) is 5.75 Å². The van der Waals surface area contributed by atoms with Crippen LogP contribution in [0.1, 0.15) is 43.7 Å². The zero-order valence-electron chi connectivity index (χ0n) is 18.2. The average molecular weight is 407 g/mol. The van der Waals surface area contributed by atoms with Crippen molar-refractivity contribution in [3.63, 3.8) is 0 Å². The Morgan fingerprint density at radius 1 is 1.00 bits per heavy atom. The van der Waals surface area contributed by atoms with Crippen molar-refractivity contribution in [2.45, 2.75) is 45.4 Å². The molecule has 0 spiro atoms. The van der Waals surface area contributed by atoms with Crippen LogP contribution in [0.3, 0.4) is 0 Å². The van der Waals surface area contributed by atoms with E-state index >= 15 is 0 Å². The van der Waals surface area contributed by atoms with Crippen LogP contribution >= 0.6 is 0 Å². The van der Waals surface area contributed by atoms with Crippen LogP contribution in [0.4, 0.5) is 5.69 Å². The first-order chi connectivity index (χ1) is 14.7. The smallest absolute Gasteiger partial charge is 0.227 e. The Labute approximate surface area is 180 Å². The highest BCUT2D eigenvalue weighted by molar-refractivity contribution is 5.96. The summed E-state index contributed by atoms with van der Waals surface area (Å²) in [6.45, 7) is 7.34. The molecule has 2 heterocycles. The first-order valence-electron chi connectivity index (χ1n) is 11.5. The highest BCUT2D eigenvalue weighted by atomic mass is 16.5. The predicted octanol–water partition coefficient (Wildman–Crippen LogP) is 4.71. The van der Waals surface area contributed by atoms with Crippen molar-refractivity contribution in [2.24, 2.45) is 5.92 Å². The van der Waals surface area contributed by atoms with Crippen molar-refractivity contribution < 1.29 is 9.53 Å². The second-order valence-corrected chi connectivity index (χ2v) is 8.80. The Bertz CT molecular complexity index is 828. The summed E-state index contributed by atoms with van der Waals surface area (Å²) in [5.41, 5.74) is 3.54. The summed E-state index contributed by atoms with van der Waals surface area (Å²) in [4.78, 5) is 17.1. The van der Waals surface area contributed by atoms with Crippen molar-refractivity contribution in [3.05, 3.63) is 59.7 Å². The van der Waals surface area contributed by atoms with Gasteiger partial charge in [-0.3, -0.25) is 4.79 Å². The van der Waals surface area contributed by atoms with Crippen LogP contribution in [0.2, 0.25) is 0 Å². The van der Waals surface area contributed by atoms with Gasteiger partial charge in [0.1, 0.15) is 5.75 Å². The molecule has 2 aromatic rings. The fourth-order valence-electron chi connectivity index (χ4n) is 4.50. The molecule has 0 N–H and O–H groups in total. The lowest BCUT2D eigenvalue weighted by Crippen LogP contribution is -2.36. The number of likely N-dealkylation sites (tertiary alicyclic amines) is 1. The number of ether oxygens (including phenoxy) is 1. The SMILES string of the molecule is CC1CCN(CCCOc2ccc3c(c2)N(CCc2ccccc2)C(=O)CC3)CC1. The van der Waals surface area contributed by atoms with Gasteiger partial charge < -0.3 is 14.5 Å². The van der Waals surface area contributed by atoms with Crippen LogP contribution in [0.25, 0.3) is 0 Å². The lowest BCUT2D eigenvalue weighted by Gasteiger charge is -2.30. The second kappa shape index (κ2) is 10.1. The van der Waals surface area contributed by atoms with E-state index in [1.54, 1.807) is 0 Å². The van der Waals surface area contributed by atoms with Crippen LogP contribution in [-0.4, -0.2) is 43.6 Å². The molecule has 160 valence electrons. The molecule has 0 unspecified atom stereocenters. The molecule has 0 aromatic heterocycles. The molecule has 1 fully saturated rings. The molecule has 0 atom stereocenters. The zero-order valence-corrected chi connectivity index (χ0v) is 18.2. The molecule has 0 aliphatic carbocycles. The molecule has 1 saturated heterocycles. The Hall–Kier alpha value is -2.33. The number of nitrogens with zero attached hydrogens (tertiary/aromatic N) is 2. The summed E-state index contributed by atoms with van der Waals surface area (Å²) < 4.78 is 6.07. The van der Waals surface area contributed by atoms with Gasteiger partial charge in [0.05, 0.1) is 12.3 Å². The van der Waals surface area contributed by atoms with E-state index in [-0.39, 0.29) is 5.91 Å². The third-order valence-electron chi connectivity index (χ3n) is 6.49. The molecule has 4 heteroatoms. The maximum atomic E-state index is 12.6. The van der Waals surface area contributed by atoms with Crippen LogP contribution in [-0.2, 0) is 17.6 Å². The number of piperidine rings is 1. The highest BCUT2D eigenvalue weighted by Crippen LogP contribution is 2.32. The number of fused-ring (bicyclic) bond motifs is 1. The van der Waals surface area contributed by atoms with Crippen molar-refractivity contribution in [1.82, 2.24) is 4.90 Å². The number of carbonyl (C=O) groups is 1. The molecule has 0 bridgehead atoms. The molecular weight excluding hydrogens is 372 g/mol. The molecule has 30 heavy (non-hydrogen) atoms. The normalized spacial score (nSPS) is 17.8. The Morgan fingerprint density at radius 2 is 1.80 bits per heavy atom. The van der Waals surface area contributed by atoms with Crippen molar-refractivity contribution >= 4 is 11.6 Å². The molecular formula is C26H34N2O2. The molecule has 1 amide bonds. The molecule has 4 rings (SSSR count). The standard InChI is InChI=1S/C26H34N2O2/c1-21-12-16-27(17-13-21)15-5-19-30-24-10-8-23-9-11-26(29)28(25(23)20-24)18-14-22-6-3-2-4-7-22/h2-4,6-8,10,20-21H,5,9,11-19H2,1H3. The predicted molar refractivity (Wildman–Crippen MR) is 122 cm³/mol. The van der Waals surface area contributed by atoms with E-state index in [2.05, 4.69) is 54.3 Å². The number of rotatable bonds is 8. The Balaban J connectivity index is 1.32. The summed E-state index contributed by atoms with van der Waals surface area (Å²) in [5, 5.41) is 0. The monoisotopic (exact) mass is 406 g/mol. The number of hydrogen-bond acceptors (Lipinski definition) is 3. The number of carbonyl (C=O) groups excluding carboxylic acids is 1. The second-order valence-electron chi connectivity index (χ2n) is 8.80. The lowest BCUT2D eigenvalue weighted by molar-refractivity contribution is -0.118. The number of anilines is 1. The van der Waals surface area contributed by atoms with Crippen LogP contribution < -0.4 is 9.64 Å². The quantitative estimate of drug-likeness (QED) is 0.595. The average Bonchev–Trinajstić information content (AvgIpc) is 2.78. The van der Waals surface area contributed by atoms with Crippen molar-refractivity contribution in [1.29, 1.82) is 0 Å². The Morgan fingerprint density at radius 3 is 2.60 bits per heavy atom. The van der Waals surface area contributed by atoms with Gasteiger partial charge in [-0.05, 0) is 68.3 Å². The third kappa shape index (κ3) is 5.42. The lowest BCUT2D eigenvalue weighted by atomic mass is 9.99. The number of benzene rings is 2. The number of hydrogen-bond donors (Lipinski definition) is 0. The van der Waals surface area contributed by atoms with Gasteiger partial charge in [-0.25, -0.2) is 0 Å². The van der Waals surface area contributed by atoms with Crippen LogP contribution in [0.15, 0.2) is 48.5 Å². The largest absolute Gasteiger partial charge is 0.493 e. The van der Waals surface area contributed by atoms with Gasteiger partial charge in [-0.1, -0.05) is 43.3 Å². The van der Waals surface area contributed by atoms with E-state index in [0.717, 1.165) is 49.8 Å². The van der Waals surface area contributed by atoms with E-state index in [0.29, 0.717) is 13.0 Å². The van der Waals surface area contributed by atoms with Crippen LogP contribution in [0, 0.1) is 5.92 Å². The topological polar surface area (TPSA) is 32.8 Å². The molecule has 0 saturated carbocycles. The van der Waals surface area contributed by atoms with Gasteiger partial charge in [0.2, 0.25) is 5.91 Å². The molecule has 0 radical (unpaired) electrons. The summed E-state index contributed by atoms with van der Waals surface area (Å²) in [5.74, 6) is 1.97. The summed E-state index contributed by atoms with van der Waals surface area (Å²) in [7, 11) is 0. The minimum Gasteiger partial charge on any atom is -0.493 e. The minimum atomic E-state index is 0.218. The van der Waals surface area contributed by atoms with E-state index in [9.17, 15) is 4.79 Å². The highest BCUT2D eigenvalue weighted by Gasteiger charge is 2.24. The van der Waals surface area contributed by atoms with Gasteiger partial charge in [-0.15, -0.1) is 0 Å². The van der Waals surface area contributed by atoms with Gasteiger partial charge in [0.15, 0.2) is 0 Å². The first kappa shape index (κ1) is 20.9. The molecule has 2 aliphatic rings. The maximum absolute atomic E-state index is 12.6. The molecule has 4 nitrogen and oxygen atoms in total. The zero-order chi connectivity index (χ0) is 20.8. The van der Waals surface area contributed by atoms with Gasteiger partial charge in [0.25, 0.3) is 0 Å². The molecule has 2 aromatic carbocycles. The van der Waals surface area contributed by atoms with Crippen LogP contribution in [0.5, 0.6) is 5.75 Å². The third-order valence-corrected chi connectivity index (χ3v) is 6.49. The van der Waals surface area contributed by atoms with Gasteiger partial charge >= 0.3 is 0 Å². The summed E-state index contributed by atoms with van der Waals surface area (Å²) in [6, 6.07) is 16.6. The fourth-order valence-corrected chi connectivity index (χ4v) is 4.50. The summed E-state index contributed by atoms with van der Waals surface area (Å²) >= 11 is 0. The minimum absolute atomic E-state index is 0.218. The van der Waals surface area contributed by atoms with E-state index in [4.69, 9.17) is 4.74 Å². The van der Waals surface area contributed by atoms with Gasteiger partial charge in [0, 0.05) is 25.6 Å². The number of amides is 1. The van der Waals surface area contributed by atoms with E-state index in [1.165, 1.54) is 37.1 Å². The van der Waals surface area contributed by atoms with Crippen molar-refractivity contribution in [2.75, 3.05) is 37.7 Å². The fraction of sp³-hybridized carbons (Fsp3) is 0.500. The van der Waals surface area contributed by atoms with Gasteiger partial charge in [-0.2, -0.15) is 0 Å². The summed E-state index contributed by atoms with van der Waals surface area (Å²) in [6.07, 6.45) is 5.96. The first-order valence-corrected chi connectivity index (χ1v) is 11.5. The van der Waals surface area contributed by atoms with E-state index < -0.39 is 0 Å².